The fraction of sp³-hybridized carbons (Fsp3) is 0.364. The van der Waals surface area contributed by atoms with Crippen molar-refractivity contribution < 1.29 is 4.79 Å². The summed E-state index contributed by atoms with van der Waals surface area (Å²) in [4.78, 5) is 24.1. The van der Waals surface area contributed by atoms with E-state index in [0.29, 0.717) is 12.4 Å². The number of aromatic amines is 1. The summed E-state index contributed by atoms with van der Waals surface area (Å²) in [6.45, 7) is 6.29. The van der Waals surface area contributed by atoms with Crippen LogP contribution in [-0.4, -0.2) is 20.9 Å². The van der Waals surface area contributed by atoms with E-state index in [0.717, 1.165) is 16.4 Å². The Bertz CT molecular complexity index is 524. The molecule has 0 radical (unpaired) electrons. The maximum atomic E-state index is 11.7. The van der Waals surface area contributed by atoms with Crippen LogP contribution in [0, 0.1) is 20.8 Å². The molecule has 0 saturated carbocycles. The molecule has 0 unspecified atom stereocenters. The van der Waals surface area contributed by atoms with Crippen LogP contribution in [0.1, 0.15) is 31.9 Å². The van der Waals surface area contributed by atoms with Gasteiger partial charge in [0.2, 0.25) is 0 Å². The van der Waals surface area contributed by atoms with Crippen LogP contribution in [0.25, 0.3) is 0 Å². The van der Waals surface area contributed by atoms with Gasteiger partial charge in [-0.2, -0.15) is 0 Å². The van der Waals surface area contributed by atoms with E-state index in [4.69, 9.17) is 0 Å². The van der Waals surface area contributed by atoms with Crippen LogP contribution >= 0.6 is 11.3 Å². The number of thiazole rings is 1. The summed E-state index contributed by atoms with van der Waals surface area (Å²) in [5.74, 6) is 0.135. The van der Waals surface area contributed by atoms with E-state index in [1.165, 1.54) is 4.88 Å². The Balaban J connectivity index is 1.96. The third-order valence-corrected chi connectivity index (χ3v) is 3.46. The monoisotopic (exact) mass is 250 g/mol. The summed E-state index contributed by atoms with van der Waals surface area (Å²) in [6.07, 6.45) is 1.63. The molecule has 2 aromatic rings. The highest BCUT2D eigenvalue weighted by molar-refractivity contribution is 7.11. The zero-order valence-electron chi connectivity index (χ0n) is 10.00. The first-order chi connectivity index (χ1) is 8.06. The second-order valence-electron chi connectivity index (χ2n) is 3.85. The Kier molecular flexibility index (Phi) is 3.23. The number of hydrogen-bond acceptors (Lipinski definition) is 4. The van der Waals surface area contributed by atoms with Gasteiger partial charge in [-0.15, -0.1) is 11.3 Å². The molecule has 0 saturated heterocycles. The molecule has 0 aromatic carbocycles. The lowest BCUT2D eigenvalue weighted by atomic mass is 10.4. The summed E-state index contributed by atoms with van der Waals surface area (Å²) >= 11 is 1.60. The first-order valence-corrected chi connectivity index (χ1v) is 6.10. The molecule has 6 heteroatoms. The SMILES string of the molecule is Cc1cnc(C(=O)NCc2nc(C)c(C)s2)[nH]1. The number of H-pyrrole nitrogens is 1. The maximum absolute atomic E-state index is 11.7. The number of hydrogen-bond donors (Lipinski definition) is 2. The number of carbonyl (C=O) groups is 1. The van der Waals surface area contributed by atoms with Crippen molar-refractivity contribution in [1.82, 2.24) is 20.3 Å². The first kappa shape index (κ1) is 11.8. The van der Waals surface area contributed by atoms with Crippen molar-refractivity contribution in [2.45, 2.75) is 27.3 Å². The molecule has 2 rings (SSSR count). The Morgan fingerprint density at radius 3 is 2.76 bits per heavy atom. The molecular formula is C11H14N4OS. The summed E-state index contributed by atoms with van der Waals surface area (Å²) in [7, 11) is 0. The quantitative estimate of drug-likeness (QED) is 0.871. The number of aryl methyl sites for hydroxylation is 3. The molecule has 0 spiro atoms. The van der Waals surface area contributed by atoms with Crippen LogP contribution in [0.3, 0.4) is 0 Å². The summed E-state index contributed by atoms with van der Waals surface area (Å²) in [6, 6.07) is 0. The predicted octanol–water partition coefficient (Wildman–Crippen LogP) is 1.72. The molecule has 5 nitrogen and oxygen atoms in total. The number of nitrogens with zero attached hydrogens (tertiary/aromatic N) is 2. The van der Waals surface area contributed by atoms with E-state index in [9.17, 15) is 4.79 Å². The number of imidazole rings is 1. The number of amides is 1. The zero-order chi connectivity index (χ0) is 12.4. The molecule has 0 aliphatic rings. The molecule has 1 amide bonds. The average Bonchev–Trinajstić information content (AvgIpc) is 2.83. The minimum atomic E-state index is -0.205. The third-order valence-electron chi connectivity index (χ3n) is 2.39. The van der Waals surface area contributed by atoms with Gasteiger partial charge in [0.1, 0.15) is 5.01 Å². The zero-order valence-corrected chi connectivity index (χ0v) is 10.8. The van der Waals surface area contributed by atoms with E-state index in [2.05, 4.69) is 20.3 Å². The van der Waals surface area contributed by atoms with Gasteiger partial charge in [0.25, 0.3) is 5.91 Å². The van der Waals surface area contributed by atoms with E-state index in [1.807, 2.05) is 20.8 Å². The highest BCUT2D eigenvalue weighted by Gasteiger charge is 2.10. The lowest BCUT2D eigenvalue weighted by Gasteiger charge is -1.99. The van der Waals surface area contributed by atoms with Crippen LogP contribution < -0.4 is 5.32 Å². The van der Waals surface area contributed by atoms with Gasteiger partial charge in [-0.05, 0) is 20.8 Å². The lowest BCUT2D eigenvalue weighted by molar-refractivity contribution is 0.0941. The Morgan fingerprint density at radius 1 is 1.47 bits per heavy atom. The minimum Gasteiger partial charge on any atom is -0.343 e. The van der Waals surface area contributed by atoms with Gasteiger partial charge >= 0.3 is 0 Å². The lowest BCUT2D eigenvalue weighted by Crippen LogP contribution is -2.23. The van der Waals surface area contributed by atoms with Crippen LogP contribution in [0.4, 0.5) is 0 Å². The number of aromatic nitrogens is 3. The molecule has 0 bridgehead atoms. The molecule has 2 heterocycles. The van der Waals surface area contributed by atoms with Gasteiger partial charge in [0.15, 0.2) is 5.82 Å². The van der Waals surface area contributed by atoms with Gasteiger partial charge in [-0.25, -0.2) is 9.97 Å². The second-order valence-corrected chi connectivity index (χ2v) is 5.13. The minimum absolute atomic E-state index is 0.205. The highest BCUT2D eigenvalue weighted by Crippen LogP contribution is 2.15. The summed E-state index contributed by atoms with van der Waals surface area (Å²) in [5, 5.41) is 3.70. The van der Waals surface area contributed by atoms with Gasteiger partial charge < -0.3 is 10.3 Å². The molecular weight excluding hydrogens is 236 g/mol. The van der Waals surface area contributed by atoms with Gasteiger partial charge in [0, 0.05) is 16.8 Å². The average molecular weight is 250 g/mol. The van der Waals surface area contributed by atoms with Crippen molar-refractivity contribution in [2.75, 3.05) is 0 Å². The van der Waals surface area contributed by atoms with Crippen molar-refractivity contribution in [3.63, 3.8) is 0 Å². The van der Waals surface area contributed by atoms with Crippen molar-refractivity contribution in [3.05, 3.63) is 33.3 Å². The normalized spacial score (nSPS) is 10.5. The fourth-order valence-electron chi connectivity index (χ4n) is 1.38. The van der Waals surface area contributed by atoms with E-state index >= 15 is 0 Å². The van der Waals surface area contributed by atoms with E-state index in [-0.39, 0.29) is 5.91 Å². The molecule has 0 aliphatic carbocycles. The second kappa shape index (κ2) is 4.67. The van der Waals surface area contributed by atoms with Gasteiger partial charge in [0.05, 0.1) is 12.2 Å². The van der Waals surface area contributed by atoms with Crippen molar-refractivity contribution in [2.24, 2.45) is 0 Å². The van der Waals surface area contributed by atoms with Crippen molar-refractivity contribution in [3.8, 4) is 0 Å². The summed E-state index contributed by atoms with van der Waals surface area (Å²) < 4.78 is 0. The highest BCUT2D eigenvalue weighted by atomic mass is 32.1. The third kappa shape index (κ3) is 2.71. The first-order valence-electron chi connectivity index (χ1n) is 5.29. The number of nitrogens with one attached hydrogen (secondary N) is 2. The Morgan fingerprint density at radius 2 is 2.24 bits per heavy atom. The van der Waals surface area contributed by atoms with Gasteiger partial charge in [-0.3, -0.25) is 4.79 Å². The largest absolute Gasteiger partial charge is 0.343 e. The van der Waals surface area contributed by atoms with E-state index < -0.39 is 0 Å². The van der Waals surface area contributed by atoms with Gasteiger partial charge in [-0.1, -0.05) is 0 Å². The fourth-order valence-corrected chi connectivity index (χ4v) is 2.26. The standard InChI is InChI=1S/C11H14N4OS/c1-6-4-12-10(14-6)11(16)13-5-9-15-7(2)8(3)17-9/h4H,5H2,1-3H3,(H,12,14)(H,13,16). The maximum Gasteiger partial charge on any atom is 0.287 e. The molecule has 0 fully saturated rings. The summed E-state index contributed by atoms with van der Waals surface area (Å²) in [5.41, 5.74) is 1.89. The van der Waals surface area contributed by atoms with Crippen LogP contribution in [0.2, 0.25) is 0 Å². The van der Waals surface area contributed by atoms with Crippen LogP contribution in [0.5, 0.6) is 0 Å². The van der Waals surface area contributed by atoms with Crippen molar-refractivity contribution in [1.29, 1.82) is 0 Å². The number of carbonyl (C=O) groups excluding carboxylic acids is 1. The smallest absolute Gasteiger partial charge is 0.287 e. The van der Waals surface area contributed by atoms with E-state index in [1.54, 1.807) is 17.5 Å². The Hall–Kier alpha value is -1.69. The van der Waals surface area contributed by atoms with Crippen molar-refractivity contribution >= 4 is 17.2 Å². The molecule has 2 N–H and O–H groups in total. The topological polar surface area (TPSA) is 70.7 Å². The molecule has 0 aliphatic heterocycles. The van der Waals surface area contributed by atoms with Crippen LogP contribution in [-0.2, 0) is 6.54 Å². The molecule has 2 aromatic heterocycles. The molecule has 0 atom stereocenters. The number of rotatable bonds is 3. The molecule has 90 valence electrons. The van der Waals surface area contributed by atoms with Crippen LogP contribution in [0.15, 0.2) is 6.20 Å². The molecule has 17 heavy (non-hydrogen) atoms. The Labute approximate surface area is 103 Å². The predicted molar refractivity (Wildman–Crippen MR) is 66.1 cm³/mol.